The molecule has 1 atom stereocenters. The van der Waals surface area contributed by atoms with Gasteiger partial charge in [-0.2, -0.15) is 0 Å². The molecule has 1 aromatic heterocycles. The van der Waals surface area contributed by atoms with Crippen LogP contribution in [0.4, 0.5) is 5.69 Å². The predicted molar refractivity (Wildman–Crippen MR) is 112 cm³/mol. The normalized spacial score (nSPS) is 11.8. The summed E-state index contributed by atoms with van der Waals surface area (Å²) in [5, 5.41) is 7.87. The molecule has 26 heavy (non-hydrogen) atoms. The van der Waals surface area contributed by atoms with Crippen LogP contribution in [0, 0.1) is 13.8 Å². The van der Waals surface area contributed by atoms with Crippen molar-refractivity contribution in [1.82, 2.24) is 14.9 Å². The number of benzene rings is 2. The lowest BCUT2D eigenvalue weighted by atomic mass is 10.1. The number of aryl methyl sites for hydroxylation is 3. The van der Waals surface area contributed by atoms with Crippen molar-refractivity contribution in [2.45, 2.75) is 19.9 Å². The van der Waals surface area contributed by atoms with E-state index in [0.29, 0.717) is 10.1 Å². The van der Waals surface area contributed by atoms with Gasteiger partial charge in [0.05, 0.1) is 0 Å². The molecule has 0 bridgehead atoms. The number of rotatable bonds is 4. The number of halogens is 1. The van der Waals surface area contributed by atoms with Crippen LogP contribution in [0.25, 0.3) is 0 Å². The fourth-order valence-corrected chi connectivity index (χ4v) is 3.09. The average Bonchev–Trinajstić information content (AvgIpc) is 3.03. The van der Waals surface area contributed by atoms with Crippen LogP contribution < -0.4 is 10.6 Å². The maximum atomic E-state index is 6.03. The van der Waals surface area contributed by atoms with Gasteiger partial charge in [-0.25, -0.2) is 4.98 Å². The molecular formula is C20H21ClN4S. The molecule has 0 fully saturated rings. The van der Waals surface area contributed by atoms with E-state index in [1.54, 1.807) is 6.20 Å². The molecule has 0 aliphatic carbocycles. The summed E-state index contributed by atoms with van der Waals surface area (Å²) >= 11 is 11.6. The van der Waals surface area contributed by atoms with Crippen LogP contribution in [-0.2, 0) is 7.05 Å². The zero-order chi connectivity index (χ0) is 18.7. The van der Waals surface area contributed by atoms with Gasteiger partial charge in [-0.15, -0.1) is 0 Å². The van der Waals surface area contributed by atoms with Crippen molar-refractivity contribution < 1.29 is 0 Å². The summed E-state index contributed by atoms with van der Waals surface area (Å²) in [6.07, 6.45) is 3.69. The molecule has 3 aromatic rings. The number of nitrogens with one attached hydrogen (secondary N) is 2. The Morgan fingerprint density at radius 2 is 1.85 bits per heavy atom. The summed E-state index contributed by atoms with van der Waals surface area (Å²) in [5.41, 5.74) is 4.46. The number of imidazole rings is 1. The van der Waals surface area contributed by atoms with Crippen molar-refractivity contribution in [3.05, 3.63) is 82.4 Å². The van der Waals surface area contributed by atoms with E-state index >= 15 is 0 Å². The average molecular weight is 385 g/mol. The second-order valence-corrected chi connectivity index (χ2v) is 7.12. The first kappa shape index (κ1) is 18.4. The van der Waals surface area contributed by atoms with E-state index < -0.39 is 0 Å². The predicted octanol–water partition coefficient (Wildman–Crippen LogP) is 4.77. The van der Waals surface area contributed by atoms with Crippen molar-refractivity contribution in [1.29, 1.82) is 0 Å². The minimum Gasteiger partial charge on any atom is -0.348 e. The molecule has 0 aliphatic heterocycles. The molecule has 0 saturated carbocycles. The molecule has 0 radical (unpaired) electrons. The summed E-state index contributed by atoms with van der Waals surface area (Å²) in [7, 11) is 1.97. The number of hydrogen-bond donors (Lipinski definition) is 2. The smallest absolute Gasteiger partial charge is 0.171 e. The number of nitrogens with zero attached hydrogens (tertiary/aromatic N) is 2. The van der Waals surface area contributed by atoms with Crippen molar-refractivity contribution in [3.63, 3.8) is 0 Å². The fraction of sp³-hybridized carbons (Fsp3) is 0.200. The van der Waals surface area contributed by atoms with E-state index in [9.17, 15) is 0 Å². The van der Waals surface area contributed by atoms with Gasteiger partial charge in [-0.3, -0.25) is 0 Å². The molecule has 0 spiro atoms. The summed E-state index contributed by atoms with van der Waals surface area (Å²) in [6.45, 7) is 4.18. The SMILES string of the molecule is Cc1ccc(NC(=S)N[C@@H](c2ccc(Cl)cc2)c2nccn2C)cc1C. The van der Waals surface area contributed by atoms with Crippen LogP contribution in [0.1, 0.15) is 28.6 Å². The molecule has 6 heteroatoms. The van der Waals surface area contributed by atoms with Gasteiger partial charge in [0.15, 0.2) is 5.11 Å². The zero-order valence-corrected chi connectivity index (χ0v) is 16.5. The van der Waals surface area contributed by atoms with Gasteiger partial charge in [0.2, 0.25) is 0 Å². The first-order valence-corrected chi connectivity index (χ1v) is 9.10. The Morgan fingerprint density at radius 1 is 1.12 bits per heavy atom. The highest BCUT2D eigenvalue weighted by Crippen LogP contribution is 2.23. The lowest BCUT2D eigenvalue weighted by Gasteiger charge is -2.21. The Labute approximate surface area is 164 Å². The largest absolute Gasteiger partial charge is 0.348 e. The maximum Gasteiger partial charge on any atom is 0.171 e. The van der Waals surface area contributed by atoms with Gasteiger partial charge >= 0.3 is 0 Å². The number of hydrogen-bond acceptors (Lipinski definition) is 2. The number of anilines is 1. The molecule has 0 aliphatic rings. The molecule has 2 aromatic carbocycles. The molecule has 2 N–H and O–H groups in total. The van der Waals surface area contributed by atoms with E-state index in [1.807, 2.05) is 48.1 Å². The minimum absolute atomic E-state index is 0.182. The first-order valence-electron chi connectivity index (χ1n) is 8.31. The fourth-order valence-electron chi connectivity index (χ4n) is 2.72. The Kier molecular flexibility index (Phi) is 5.59. The van der Waals surface area contributed by atoms with Crippen molar-refractivity contribution in [2.75, 3.05) is 5.32 Å². The van der Waals surface area contributed by atoms with Gasteiger partial charge in [-0.05, 0) is 67.0 Å². The van der Waals surface area contributed by atoms with Crippen LogP contribution in [0.3, 0.4) is 0 Å². The van der Waals surface area contributed by atoms with E-state index in [0.717, 1.165) is 17.1 Å². The van der Waals surface area contributed by atoms with Crippen LogP contribution in [0.2, 0.25) is 5.02 Å². The molecular weight excluding hydrogens is 364 g/mol. The van der Waals surface area contributed by atoms with Gasteiger partial charge in [0.25, 0.3) is 0 Å². The van der Waals surface area contributed by atoms with Crippen LogP contribution in [-0.4, -0.2) is 14.7 Å². The van der Waals surface area contributed by atoms with E-state index in [4.69, 9.17) is 23.8 Å². The minimum atomic E-state index is -0.182. The van der Waals surface area contributed by atoms with E-state index in [2.05, 4.69) is 41.6 Å². The van der Waals surface area contributed by atoms with Gasteiger partial charge < -0.3 is 15.2 Å². The molecule has 0 saturated heterocycles. The van der Waals surface area contributed by atoms with E-state index in [1.165, 1.54) is 11.1 Å². The maximum absolute atomic E-state index is 6.03. The summed E-state index contributed by atoms with van der Waals surface area (Å²) in [4.78, 5) is 4.48. The van der Waals surface area contributed by atoms with Gasteiger partial charge in [0, 0.05) is 30.2 Å². The molecule has 0 amide bonds. The van der Waals surface area contributed by atoms with Crippen LogP contribution in [0.5, 0.6) is 0 Å². The van der Waals surface area contributed by atoms with Crippen LogP contribution in [0.15, 0.2) is 54.9 Å². The zero-order valence-electron chi connectivity index (χ0n) is 15.0. The Balaban J connectivity index is 1.83. The van der Waals surface area contributed by atoms with Crippen molar-refractivity contribution >= 4 is 34.6 Å². The summed E-state index contributed by atoms with van der Waals surface area (Å²) < 4.78 is 1.98. The lowest BCUT2D eigenvalue weighted by Crippen LogP contribution is -2.34. The lowest BCUT2D eigenvalue weighted by molar-refractivity contribution is 0.664. The summed E-state index contributed by atoms with van der Waals surface area (Å²) in [5.74, 6) is 0.872. The second kappa shape index (κ2) is 7.89. The monoisotopic (exact) mass is 384 g/mol. The molecule has 0 unspecified atom stereocenters. The van der Waals surface area contributed by atoms with Crippen molar-refractivity contribution in [3.8, 4) is 0 Å². The molecule has 4 nitrogen and oxygen atoms in total. The number of aromatic nitrogens is 2. The highest BCUT2D eigenvalue weighted by atomic mass is 35.5. The third-order valence-corrected chi connectivity index (χ3v) is 4.83. The summed E-state index contributed by atoms with van der Waals surface area (Å²) in [6, 6.07) is 13.7. The van der Waals surface area contributed by atoms with Crippen LogP contribution >= 0.6 is 23.8 Å². The molecule has 1 heterocycles. The Morgan fingerprint density at radius 3 is 2.46 bits per heavy atom. The third kappa shape index (κ3) is 4.23. The third-order valence-electron chi connectivity index (χ3n) is 4.36. The molecule has 134 valence electrons. The topological polar surface area (TPSA) is 41.9 Å². The Bertz CT molecular complexity index is 918. The van der Waals surface area contributed by atoms with Gasteiger partial charge in [0.1, 0.15) is 11.9 Å². The quantitative estimate of drug-likeness (QED) is 0.636. The van der Waals surface area contributed by atoms with E-state index in [-0.39, 0.29) is 6.04 Å². The number of thiocarbonyl (C=S) groups is 1. The highest BCUT2D eigenvalue weighted by molar-refractivity contribution is 7.80. The highest BCUT2D eigenvalue weighted by Gasteiger charge is 2.19. The van der Waals surface area contributed by atoms with Crippen molar-refractivity contribution in [2.24, 2.45) is 7.05 Å². The molecule has 3 rings (SSSR count). The first-order chi connectivity index (χ1) is 12.4. The standard InChI is InChI=1S/C20H21ClN4S/c1-13-4-9-17(12-14(13)2)23-20(26)24-18(19-22-10-11-25(19)3)15-5-7-16(21)8-6-15/h4-12,18H,1-3H3,(H2,23,24,26)/t18-/m0/s1. The van der Waals surface area contributed by atoms with Gasteiger partial charge in [-0.1, -0.05) is 29.8 Å². The second-order valence-electron chi connectivity index (χ2n) is 6.28. The Hall–Kier alpha value is -2.37.